The maximum absolute atomic E-state index is 12.0. The number of pyridine rings is 2. The molecule has 0 fully saturated rings. The molecular weight excluding hydrogens is 228 g/mol. The van der Waals surface area contributed by atoms with Crippen LogP contribution in [0.15, 0.2) is 43.0 Å². The summed E-state index contributed by atoms with van der Waals surface area (Å²) in [7, 11) is 0. The molecule has 3 N–H and O–H groups in total. The molecule has 0 aliphatic carbocycles. The van der Waals surface area contributed by atoms with Gasteiger partial charge in [0, 0.05) is 30.5 Å². The molecule has 1 amide bonds. The van der Waals surface area contributed by atoms with E-state index in [4.69, 9.17) is 5.73 Å². The van der Waals surface area contributed by atoms with Gasteiger partial charge in [0.05, 0.1) is 11.6 Å². The van der Waals surface area contributed by atoms with Gasteiger partial charge in [0.25, 0.3) is 5.91 Å². The number of carbonyl (C=O) groups is 1. The lowest BCUT2D eigenvalue weighted by molar-refractivity contribution is 0.0940. The summed E-state index contributed by atoms with van der Waals surface area (Å²) in [5.41, 5.74) is 7.52. The highest BCUT2D eigenvalue weighted by Crippen LogP contribution is 2.13. The Hall–Kier alpha value is -2.43. The number of carbonyl (C=O) groups excluding carboxylic acids is 1. The Balaban J connectivity index is 2.11. The first-order chi connectivity index (χ1) is 8.68. The van der Waals surface area contributed by atoms with Crippen LogP contribution in [0.2, 0.25) is 0 Å². The summed E-state index contributed by atoms with van der Waals surface area (Å²) in [5, 5.41) is 2.87. The van der Waals surface area contributed by atoms with Crippen LogP contribution in [0.4, 0.5) is 5.69 Å². The quantitative estimate of drug-likeness (QED) is 0.855. The zero-order valence-corrected chi connectivity index (χ0v) is 10.00. The molecule has 92 valence electrons. The van der Waals surface area contributed by atoms with Gasteiger partial charge in [0.1, 0.15) is 0 Å². The Morgan fingerprint density at radius 3 is 2.56 bits per heavy atom. The third kappa shape index (κ3) is 2.63. The fourth-order valence-electron chi connectivity index (χ4n) is 1.60. The van der Waals surface area contributed by atoms with E-state index >= 15 is 0 Å². The SMILES string of the molecule is CC(NC(=O)c1cnccc1N)c1ccncc1. The van der Waals surface area contributed by atoms with E-state index in [0.717, 1.165) is 5.56 Å². The maximum Gasteiger partial charge on any atom is 0.255 e. The van der Waals surface area contributed by atoms with E-state index in [9.17, 15) is 4.79 Å². The van der Waals surface area contributed by atoms with E-state index in [-0.39, 0.29) is 11.9 Å². The van der Waals surface area contributed by atoms with Gasteiger partial charge in [-0.1, -0.05) is 0 Å². The van der Waals surface area contributed by atoms with Crippen LogP contribution >= 0.6 is 0 Å². The number of rotatable bonds is 3. The van der Waals surface area contributed by atoms with Crippen LogP contribution in [-0.2, 0) is 0 Å². The lowest BCUT2D eigenvalue weighted by Gasteiger charge is -2.14. The number of anilines is 1. The monoisotopic (exact) mass is 242 g/mol. The highest BCUT2D eigenvalue weighted by molar-refractivity contribution is 5.98. The summed E-state index contributed by atoms with van der Waals surface area (Å²) >= 11 is 0. The van der Waals surface area contributed by atoms with E-state index < -0.39 is 0 Å². The average molecular weight is 242 g/mol. The summed E-state index contributed by atoms with van der Waals surface area (Å²) < 4.78 is 0. The van der Waals surface area contributed by atoms with Gasteiger partial charge < -0.3 is 11.1 Å². The van der Waals surface area contributed by atoms with Crippen molar-refractivity contribution in [2.75, 3.05) is 5.73 Å². The molecule has 2 heterocycles. The molecule has 0 aliphatic rings. The molecule has 0 aliphatic heterocycles. The molecular formula is C13H14N4O. The summed E-state index contributed by atoms with van der Waals surface area (Å²) in [6.45, 7) is 1.90. The second-order valence-corrected chi connectivity index (χ2v) is 3.94. The molecule has 0 spiro atoms. The zero-order chi connectivity index (χ0) is 13.0. The number of aromatic nitrogens is 2. The molecule has 0 aromatic carbocycles. The largest absolute Gasteiger partial charge is 0.398 e. The highest BCUT2D eigenvalue weighted by Gasteiger charge is 2.13. The van der Waals surface area contributed by atoms with E-state index in [0.29, 0.717) is 11.3 Å². The first-order valence-corrected chi connectivity index (χ1v) is 5.58. The Morgan fingerprint density at radius 2 is 1.89 bits per heavy atom. The van der Waals surface area contributed by atoms with Crippen LogP contribution in [0.1, 0.15) is 28.9 Å². The van der Waals surface area contributed by atoms with Crippen molar-refractivity contribution in [3.63, 3.8) is 0 Å². The van der Waals surface area contributed by atoms with Crippen molar-refractivity contribution in [3.05, 3.63) is 54.1 Å². The van der Waals surface area contributed by atoms with Gasteiger partial charge in [0.15, 0.2) is 0 Å². The predicted octanol–water partition coefficient (Wildman–Crippen LogP) is 1.55. The van der Waals surface area contributed by atoms with Crippen LogP contribution in [0, 0.1) is 0 Å². The number of hydrogen-bond donors (Lipinski definition) is 2. The number of nitrogens with one attached hydrogen (secondary N) is 1. The summed E-state index contributed by atoms with van der Waals surface area (Å²) in [5.74, 6) is -0.232. The maximum atomic E-state index is 12.0. The van der Waals surface area contributed by atoms with Crippen LogP contribution in [-0.4, -0.2) is 15.9 Å². The molecule has 0 saturated heterocycles. The molecule has 18 heavy (non-hydrogen) atoms. The van der Waals surface area contributed by atoms with Crippen molar-refractivity contribution in [1.29, 1.82) is 0 Å². The van der Waals surface area contributed by atoms with Gasteiger partial charge >= 0.3 is 0 Å². The molecule has 5 nitrogen and oxygen atoms in total. The van der Waals surface area contributed by atoms with E-state index in [1.54, 1.807) is 24.7 Å². The number of nitrogens with zero attached hydrogens (tertiary/aromatic N) is 2. The third-order valence-corrected chi connectivity index (χ3v) is 2.65. The van der Waals surface area contributed by atoms with Crippen LogP contribution in [0.3, 0.4) is 0 Å². The summed E-state index contributed by atoms with van der Waals surface area (Å²) in [6.07, 6.45) is 6.40. The first-order valence-electron chi connectivity index (χ1n) is 5.58. The first kappa shape index (κ1) is 12.0. The van der Waals surface area contributed by atoms with Gasteiger partial charge in [0.2, 0.25) is 0 Å². The van der Waals surface area contributed by atoms with Gasteiger partial charge in [-0.15, -0.1) is 0 Å². The summed E-state index contributed by atoms with van der Waals surface area (Å²) in [6, 6.07) is 5.21. The molecule has 2 rings (SSSR count). The fourth-order valence-corrected chi connectivity index (χ4v) is 1.60. The average Bonchev–Trinajstić information content (AvgIpc) is 2.40. The van der Waals surface area contributed by atoms with Crippen LogP contribution < -0.4 is 11.1 Å². The van der Waals surface area contributed by atoms with Crippen molar-refractivity contribution in [1.82, 2.24) is 15.3 Å². The number of hydrogen-bond acceptors (Lipinski definition) is 4. The lowest BCUT2D eigenvalue weighted by Crippen LogP contribution is -2.27. The Bertz CT molecular complexity index is 542. The van der Waals surface area contributed by atoms with E-state index in [2.05, 4.69) is 15.3 Å². The topological polar surface area (TPSA) is 80.9 Å². The van der Waals surface area contributed by atoms with Crippen LogP contribution in [0.5, 0.6) is 0 Å². The number of nitrogens with two attached hydrogens (primary N) is 1. The van der Waals surface area contributed by atoms with Crippen molar-refractivity contribution in [2.45, 2.75) is 13.0 Å². The Kier molecular flexibility index (Phi) is 3.52. The molecule has 1 unspecified atom stereocenters. The van der Waals surface area contributed by atoms with Crippen LogP contribution in [0.25, 0.3) is 0 Å². The highest BCUT2D eigenvalue weighted by atomic mass is 16.1. The predicted molar refractivity (Wildman–Crippen MR) is 68.8 cm³/mol. The number of amides is 1. The second-order valence-electron chi connectivity index (χ2n) is 3.94. The molecule has 1 atom stereocenters. The molecule has 5 heteroatoms. The minimum absolute atomic E-state index is 0.111. The van der Waals surface area contributed by atoms with Gasteiger partial charge in [-0.25, -0.2) is 0 Å². The molecule has 2 aromatic rings. The fraction of sp³-hybridized carbons (Fsp3) is 0.154. The van der Waals surface area contributed by atoms with Gasteiger partial charge in [-0.05, 0) is 30.7 Å². The van der Waals surface area contributed by atoms with Gasteiger partial charge in [-0.2, -0.15) is 0 Å². The van der Waals surface area contributed by atoms with E-state index in [1.165, 1.54) is 6.20 Å². The number of nitrogen functional groups attached to an aromatic ring is 1. The second kappa shape index (κ2) is 5.27. The minimum Gasteiger partial charge on any atom is -0.398 e. The molecule has 0 bridgehead atoms. The van der Waals surface area contributed by atoms with Crippen molar-refractivity contribution in [3.8, 4) is 0 Å². The smallest absolute Gasteiger partial charge is 0.255 e. The van der Waals surface area contributed by atoms with Crippen molar-refractivity contribution in [2.24, 2.45) is 0 Å². The molecule has 0 radical (unpaired) electrons. The van der Waals surface area contributed by atoms with Crippen molar-refractivity contribution < 1.29 is 4.79 Å². The molecule has 2 aromatic heterocycles. The Morgan fingerprint density at radius 1 is 1.22 bits per heavy atom. The molecule has 0 saturated carbocycles. The third-order valence-electron chi connectivity index (χ3n) is 2.65. The van der Waals surface area contributed by atoms with Gasteiger partial charge in [-0.3, -0.25) is 14.8 Å². The van der Waals surface area contributed by atoms with Crippen molar-refractivity contribution >= 4 is 11.6 Å². The standard InChI is InChI=1S/C13H14N4O/c1-9(10-2-5-15-6-3-10)17-13(18)11-8-16-7-4-12(11)14/h2-9H,1H3,(H2,14,16)(H,17,18). The minimum atomic E-state index is -0.232. The lowest BCUT2D eigenvalue weighted by atomic mass is 10.1. The normalized spacial score (nSPS) is 11.8. The Labute approximate surface area is 105 Å². The summed E-state index contributed by atoms with van der Waals surface area (Å²) in [4.78, 5) is 19.8. The zero-order valence-electron chi connectivity index (χ0n) is 10.00. The van der Waals surface area contributed by atoms with E-state index in [1.807, 2.05) is 19.1 Å².